The number of aliphatic hydroxyl groups excluding tert-OH is 1. The van der Waals surface area contributed by atoms with E-state index in [-0.39, 0.29) is 43.2 Å². The number of carbonyl (C=O) groups excluding carboxylic acids is 2. The second kappa shape index (κ2) is 22.0. The Hall–Kier alpha value is -5.05. The van der Waals surface area contributed by atoms with Crippen LogP contribution < -0.4 is 5.32 Å². The third-order valence-electron chi connectivity index (χ3n) is 14.4. The van der Waals surface area contributed by atoms with E-state index < -0.39 is 11.9 Å². The van der Waals surface area contributed by atoms with Crippen molar-refractivity contribution in [3.63, 3.8) is 0 Å². The number of nitrogens with zero attached hydrogens (tertiary/aromatic N) is 3. The highest BCUT2D eigenvalue weighted by atomic mass is 16.5. The van der Waals surface area contributed by atoms with Crippen LogP contribution in [0.1, 0.15) is 153 Å². The lowest BCUT2D eigenvalue weighted by Gasteiger charge is -2.20. The van der Waals surface area contributed by atoms with Crippen LogP contribution >= 0.6 is 0 Å². The molecule has 0 spiro atoms. The van der Waals surface area contributed by atoms with E-state index in [1.807, 2.05) is 31.2 Å². The fraction of sp³-hybridized carbons (Fsp3) is 0.554. The Balaban J connectivity index is 1.21. The largest absolute Gasteiger partial charge is 0.510 e. The predicted octanol–water partition coefficient (Wildman–Crippen LogP) is 13.3. The number of esters is 2. The van der Waals surface area contributed by atoms with Crippen molar-refractivity contribution in [1.29, 1.82) is 0 Å². The number of fused-ring (bicyclic) bond motifs is 5. The Kier molecular flexibility index (Phi) is 16.7. The van der Waals surface area contributed by atoms with Crippen LogP contribution in [0.2, 0.25) is 0 Å². The van der Waals surface area contributed by atoms with Gasteiger partial charge in [-0.05, 0) is 125 Å². The van der Waals surface area contributed by atoms with Crippen LogP contribution in [-0.2, 0) is 19.1 Å². The Bertz CT molecular complexity index is 2310. The number of carbonyl (C=O) groups is 2. The number of ether oxygens (including phenoxy) is 2. The molecule has 1 saturated heterocycles. The molecule has 1 aliphatic carbocycles. The minimum Gasteiger partial charge on any atom is -0.510 e. The van der Waals surface area contributed by atoms with E-state index in [9.17, 15) is 14.7 Å². The van der Waals surface area contributed by atoms with E-state index in [0.29, 0.717) is 29.0 Å². The maximum Gasteiger partial charge on any atom is 0.321 e. The van der Waals surface area contributed by atoms with Crippen LogP contribution in [-0.4, -0.2) is 47.4 Å². The number of aliphatic hydroxyl groups is 1. The van der Waals surface area contributed by atoms with E-state index in [1.54, 1.807) is 6.92 Å². The lowest BCUT2D eigenvalue weighted by molar-refractivity contribution is -0.146. The molecule has 1 fully saturated rings. The van der Waals surface area contributed by atoms with E-state index in [4.69, 9.17) is 24.5 Å². The summed E-state index contributed by atoms with van der Waals surface area (Å²) in [5.74, 6) is 0.0327. The van der Waals surface area contributed by atoms with Gasteiger partial charge in [-0.3, -0.25) is 9.59 Å². The minimum atomic E-state index is -1.07. The zero-order chi connectivity index (χ0) is 47.1. The van der Waals surface area contributed by atoms with E-state index in [2.05, 4.69) is 80.3 Å². The fourth-order valence-electron chi connectivity index (χ4n) is 10.3. The maximum atomic E-state index is 13.9. The van der Waals surface area contributed by atoms with Crippen molar-refractivity contribution < 1.29 is 24.2 Å². The second-order valence-electron chi connectivity index (χ2n) is 19.7. The van der Waals surface area contributed by atoms with Gasteiger partial charge in [0.1, 0.15) is 18.3 Å². The molecule has 0 aromatic heterocycles. The summed E-state index contributed by atoms with van der Waals surface area (Å²) in [5.41, 5.74) is 13.4. The molecule has 5 aliphatic heterocycles. The lowest BCUT2D eigenvalue weighted by atomic mass is 9.84. The van der Waals surface area contributed by atoms with Crippen LogP contribution in [0.5, 0.6) is 0 Å². The third-order valence-corrected chi connectivity index (χ3v) is 14.4. The molecular formula is C56H76N4O5. The summed E-state index contributed by atoms with van der Waals surface area (Å²) in [7, 11) is 0. The summed E-state index contributed by atoms with van der Waals surface area (Å²) in [4.78, 5) is 42.7. The van der Waals surface area contributed by atoms with E-state index >= 15 is 0 Å². The van der Waals surface area contributed by atoms with Crippen molar-refractivity contribution in [3.8, 4) is 0 Å². The SMILES string of the molecule is C=CC1=C(C)C2=NC1=CC1=NC(=CC3=C(C)C4=C(O)[C@@H](C(=O)OCC)C(=C5NC(=C2)[C@@H](C)[C@@H]5CCC(=O)OC/C=C(\C)CCC[C@H](C)CCC[C@H](C)CCCC(C)C)C4=N3)C(CC)=C1C. The smallest absolute Gasteiger partial charge is 0.321 e. The molecule has 6 rings (SSSR count). The average molecular weight is 885 g/mol. The number of hydrogen-bond acceptors (Lipinski definition) is 9. The standard InChI is InChI=1S/C56H76N4O5/c1-13-40-36(9)43-29-45-38(11)42(25-26-49(61)65-28-27-35(8)24-18-23-34(7)22-17-21-33(6)20-16-19-32(4)5)53(59-45)51-52(56(63)64-15-3)55(62)50-39(12)46(60-54(50)51)31-48-41(14-2)37(10)44(58-48)30-47(40)57-43/h13,27,29-34,38,42,52,59,62H,1,14-26,28H2,2-12H3/b35-27+,45-29?,47-30?,48-31?,53-51?/t33-,34-,38+,42+,52+/m1/s1. The third kappa shape index (κ3) is 11.1. The summed E-state index contributed by atoms with van der Waals surface area (Å²) in [6, 6.07) is 0. The molecule has 65 heavy (non-hydrogen) atoms. The van der Waals surface area contributed by atoms with E-state index in [1.165, 1.54) is 50.5 Å². The Labute approximate surface area is 389 Å². The maximum absolute atomic E-state index is 13.9. The van der Waals surface area contributed by atoms with Crippen molar-refractivity contribution in [2.24, 2.45) is 50.5 Å². The zero-order valence-corrected chi connectivity index (χ0v) is 41.4. The van der Waals surface area contributed by atoms with Gasteiger partial charge >= 0.3 is 11.9 Å². The molecule has 350 valence electrons. The molecule has 5 heterocycles. The minimum absolute atomic E-state index is 0.0731. The average Bonchev–Trinajstić information content (AvgIpc) is 4.00. The zero-order valence-electron chi connectivity index (χ0n) is 41.4. The molecule has 6 aliphatic rings. The lowest BCUT2D eigenvalue weighted by Crippen LogP contribution is -2.25. The highest BCUT2D eigenvalue weighted by molar-refractivity contribution is 6.24. The summed E-state index contributed by atoms with van der Waals surface area (Å²) in [6.07, 6.45) is 22.7. The molecule has 0 amide bonds. The van der Waals surface area contributed by atoms with Gasteiger partial charge in [-0.2, -0.15) is 0 Å². The second-order valence-corrected chi connectivity index (χ2v) is 19.7. The molecule has 9 heteroatoms. The first-order chi connectivity index (χ1) is 31.1. The Morgan fingerprint density at radius 3 is 2.17 bits per heavy atom. The highest BCUT2D eigenvalue weighted by Crippen LogP contribution is 2.49. The molecule has 2 N–H and O–H groups in total. The molecule has 0 unspecified atom stereocenters. The molecule has 0 radical (unpaired) electrons. The van der Waals surface area contributed by atoms with Crippen molar-refractivity contribution in [3.05, 3.63) is 116 Å². The van der Waals surface area contributed by atoms with Crippen LogP contribution in [0.15, 0.2) is 131 Å². The first-order valence-corrected chi connectivity index (χ1v) is 24.7. The van der Waals surface area contributed by atoms with Gasteiger partial charge in [-0.1, -0.05) is 105 Å². The normalized spacial score (nSPS) is 22.6. The monoisotopic (exact) mass is 885 g/mol. The number of nitrogens with one attached hydrogen (secondary N) is 1. The first-order valence-electron chi connectivity index (χ1n) is 24.7. The summed E-state index contributed by atoms with van der Waals surface area (Å²) in [5, 5.41) is 15.7. The molecule has 0 saturated carbocycles. The van der Waals surface area contributed by atoms with Crippen molar-refractivity contribution in [2.45, 2.75) is 153 Å². The van der Waals surface area contributed by atoms with Gasteiger partial charge in [0.15, 0.2) is 0 Å². The number of allylic oxidation sites excluding steroid dienone is 12. The number of aliphatic imine (C=N–C) groups is 3. The van der Waals surface area contributed by atoms with Crippen molar-refractivity contribution in [1.82, 2.24) is 5.32 Å². The van der Waals surface area contributed by atoms with Gasteiger partial charge in [-0.15, -0.1) is 0 Å². The van der Waals surface area contributed by atoms with Gasteiger partial charge < -0.3 is 19.9 Å². The predicted molar refractivity (Wildman–Crippen MR) is 266 cm³/mol. The van der Waals surface area contributed by atoms with Gasteiger partial charge in [0, 0.05) is 46.4 Å². The van der Waals surface area contributed by atoms with Crippen LogP contribution in [0.3, 0.4) is 0 Å². The molecule has 0 aromatic rings. The number of rotatable bonds is 21. The first kappa shape index (κ1) is 49.4. The molecule has 9 nitrogen and oxygen atoms in total. The van der Waals surface area contributed by atoms with Gasteiger partial charge in [0.2, 0.25) is 0 Å². The molecule has 8 bridgehead atoms. The summed E-state index contributed by atoms with van der Waals surface area (Å²) < 4.78 is 11.4. The van der Waals surface area contributed by atoms with Crippen LogP contribution in [0.25, 0.3) is 0 Å². The van der Waals surface area contributed by atoms with Crippen LogP contribution in [0, 0.1) is 35.5 Å². The fourth-order valence-corrected chi connectivity index (χ4v) is 10.3. The van der Waals surface area contributed by atoms with E-state index in [0.717, 1.165) is 99.1 Å². The molecule has 5 atom stereocenters. The van der Waals surface area contributed by atoms with Crippen molar-refractivity contribution in [2.75, 3.05) is 13.2 Å². The molecule has 0 aromatic carbocycles. The Morgan fingerprint density at radius 2 is 1.51 bits per heavy atom. The van der Waals surface area contributed by atoms with Gasteiger partial charge in [0.25, 0.3) is 0 Å². The van der Waals surface area contributed by atoms with Crippen molar-refractivity contribution >= 4 is 29.1 Å². The number of hydrogen-bond donors (Lipinski definition) is 2. The summed E-state index contributed by atoms with van der Waals surface area (Å²) >= 11 is 0. The Morgan fingerprint density at radius 1 is 0.846 bits per heavy atom. The quantitative estimate of drug-likeness (QED) is 0.0874. The van der Waals surface area contributed by atoms with Crippen LogP contribution in [0.4, 0.5) is 0 Å². The summed E-state index contributed by atoms with van der Waals surface area (Å²) in [6.45, 7) is 28.2. The van der Waals surface area contributed by atoms with Gasteiger partial charge in [-0.25, -0.2) is 15.0 Å². The molecular weight excluding hydrogens is 809 g/mol. The highest BCUT2D eigenvalue weighted by Gasteiger charge is 2.49. The van der Waals surface area contributed by atoms with Gasteiger partial charge in [0.05, 0.1) is 40.8 Å². The topological polar surface area (TPSA) is 122 Å².